The monoisotopic (exact) mass is 535 g/mol. The SMILES string of the molecule is Cc1cc(NC(=O)C[N+]2(C)CC[C@@H](OC(=O)C(O)(c3ccccc3)C3CCCCC3)C2)no1.[Br-]. The molecular formula is C25H34BrN3O5. The number of halogens is 1. The maximum absolute atomic E-state index is 13.4. The van der Waals surface area contributed by atoms with Gasteiger partial charge in [-0.15, -0.1) is 0 Å². The number of amides is 1. The Morgan fingerprint density at radius 1 is 1.21 bits per heavy atom. The van der Waals surface area contributed by atoms with Crippen LogP contribution in [0.4, 0.5) is 5.82 Å². The molecule has 1 amide bonds. The molecule has 34 heavy (non-hydrogen) atoms. The molecule has 2 heterocycles. The van der Waals surface area contributed by atoms with E-state index in [0.717, 1.165) is 32.1 Å². The number of carbonyl (C=O) groups excluding carboxylic acids is 2. The molecule has 2 N–H and O–H groups in total. The minimum absolute atomic E-state index is 0. The summed E-state index contributed by atoms with van der Waals surface area (Å²) >= 11 is 0. The minimum atomic E-state index is -1.64. The van der Waals surface area contributed by atoms with E-state index in [0.29, 0.717) is 41.1 Å². The summed E-state index contributed by atoms with van der Waals surface area (Å²) < 4.78 is 11.4. The molecule has 1 aliphatic carbocycles. The fourth-order valence-corrected chi connectivity index (χ4v) is 5.30. The molecule has 9 heteroatoms. The highest BCUT2D eigenvalue weighted by Crippen LogP contribution is 2.41. The van der Waals surface area contributed by atoms with E-state index < -0.39 is 11.6 Å². The van der Waals surface area contributed by atoms with Gasteiger partial charge in [-0.05, 0) is 25.3 Å². The zero-order valence-electron chi connectivity index (χ0n) is 19.8. The van der Waals surface area contributed by atoms with Crippen LogP contribution in [0.3, 0.4) is 0 Å². The largest absolute Gasteiger partial charge is 1.00 e. The lowest BCUT2D eigenvalue weighted by Gasteiger charge is -2.37. The highest BCUT2D eigenvalue weighted by molar-refractivity contribution is 5.90. The van der Waals surface area contributed by atoms with Gasteiger partial charge in [0, 0.05) is 18.4 Å². The number of likely N-dealkylation sites (N-methyl/N-ethyl adjacent to an activating group) is 1. The zero-order chi connectivity index (χ0) is 23.5. The van der Waals surface area contributed by atoms with Crippen molar-refractivity contribution in [3.63, 3.8) is 0 Å². The van der Waals surface area contributed by atoms with Gasteiger partial charge >= 0.3 is 5.97 Å². The number of nitrogens with zero attached hydrogens (tertiary/aromatic N) is 2. The van der Waals surface area contributed by atoms with Gasteiger partial charge < -0.3 is 41.1 Å². The molecule has 0 radical (unpaired) electrons. The average Bonchev–Trinajstić information content (AvgIpc) is 3.38. The molecule has 2 unspecified atom stereocenters. The summed E-state index contributed by atoms with van der Waals surface area (Å²) in [6.07, 6.45) is 5.06. The Labute approximate surface area is 211 Å². The number of aryl methyl sites for hydroxylation is 1. The van der Waals surface area contributed by atoms with E-state index in [1.165, 1.54) is 0 Å². The van der Waals surface area contributed by atoms with Gasteiger partial charge in [0.15, 0.2) is 24.1 Å². The molecule has 1 saturated heterocycles. The van der Waals surface area contributed by atoms with E-state index in [9.17, 15) is 14.7 Å². The Morgan fingerprint density at radius 2 is 1.91 bits per heavy atom. The lowest BCUT2D eigenvalue weighted by atomic mass is 9.73. The topological polar surface area (TPSA) is 102 Å². The number of esters is 1. The highest BCUT2D eigenvalue weighted by atomic mass is 79.9. The van der Waals surface area contributed by atoms with Gasteiger partial charge in [0.05, 0.1) is 13.6 Å². The van der Waals surface area contributed by atoms with Gasteiger partial charge in [-0.3, -0.25) is 4.79 Å². The number of benzene rings is 1. The Bertz CT molecular complexity index is 978. The van der Waals surface area contributed by atoms with Crippen LogP contribution in [0, 0.1) is 12.8 Å². The van der Waals surface area contributed by atoms with Crippen LogP contribution in [0.15, 0.2) is 40.9 Å². The van der Waals surface area contributed by atoms with E-state index in [4.69, 9.17) is 9.26 Å². The number of ether oxygens (including phenoxy) is 1. The van der Waals surface area contributed by atoms with Gasteiger partial charge in [-0.1, -0.05) is 54.8 Å². The number of aliphatic hydroxyl groups is 1. The van der Waals surface area contributed by atoms with Crippen LogP contribution in [-0.2, 0) is 19.9 Å². The first-order chi connectivity index (χ1) is 15.8. The van der Waals surface area contributed by atoms with Crippen molar-refractivity contribution in [2.75, 3.05) is 32.0 Å². The number of carbonyl (C=O) groups is 2. The number of rotatable bonds is 7. The molecular weight excluding hydrogens is 502 g/mol. The Morgan fingerprint density at radius 3 is 2.56 bits per heavy atom. The molecule has 0 bridgehead atoms. The van der Waals surface area contributed by atoms with Crippen LogP contribution in [0.5, 0.6) is 0 Å². The quantitative estimate of drug-likeness (QED) is 0.386. The standard InChI is InChI=1S/C25H33N3O5.BrH/c1-18-15-22(27-33-18)26-23(29)17-28(2)14-13-21(16-28)32-24(30)25(31,19-9-5-3-6-10-19)20-11-7-4-8-12-20;/h3,5-6,9-10,15,20-21,31H,4,7-8,11-14,16-17H2,1-2H3;1H/t21-,25?,28?;/m1./s1. The van der Waals surface area contributed by atoms with Crippen LogP contribution < -0.4 is 22.3 Å². The summed E-state index contributed by atoms with van der Waals surface area (Å²) in [5.74, 6) is 0.136. The molecule has 4 rings (SSSR count). The van der Waals surface area contributed by atoms with E-state index >= 15 is 0 Å². The van der Waals surface area contributed by atoms with Gasteiger partial charge in [0.1, 0.15) is 12.3 Å². The average molecular weight is 536 g/mol. The van der Waals surface area contributed by atoms with E-state index in [2.05, 4.69) is 10.5 Å². The number of likely N-dealkylation sites (tertiary alicyclic amines) is 1. The third kappa shape index (κ3) is 5.87. The van der Waals surface area contributed by atoms with Gasteiger partial charge in [-0.2, -0.15) is 0 Å². The summed E-state index contributed by atoms with van der Waals surface area (Å²) in [7, 11) is 1.98. The summed E-state index contributed by atoms with van der Waals surface area (Å²) in [6, 6.07) is 10.8. The number of hydrogen-bond acceptors (Lipinski definition) is 6. The van der Waals surface area contributed by atoms with Crippen molar-refractivity contribution in [1.82, 2.24) is 5.16 Å². The maximum atomic E-state index is 13.4. The number of nitrogens with one attached hydrogen (secondary N) is 1. The summed E-state index contributed by atoms with van der Waals surface area (Å²) in [4.78, 5) is 25.9. The van der Waals surface area contributed by atoms with Crippen molar-refractivity contribution in [3.8, 4) is 0 Å². The van der Waals surface area contributed by atoms with Crippen LogP contribution in [0.2, 0.25) is 0 Å². The molecule has 1 aromatic heterocycles. The number of hydrogen-bond donors (Lipinski definition) is 2. The number of aromatic nitrogens is 1. The fourth-order valence-electron chi connectivity index (χ4n) is 5.30. The molecule has 0 spiro atoms. The molecule has 3 atom stereocenters. The minimum Gasteiger partial charge on any atom is -1.00 e. The molecule has 1 saturated carbocycles. The number of anilines is 1. The zero-order valence-corrected chi connectivity index (χ0v) is 21.4. The van der Waals surface area contributed by atoms with Gasteiger partial charge in [0.25, 0.3) is 5.91 Å². The highest BCUT2D eigenvalue weighted by Gasteiger charge is 2.49. The lowest BCUT2D eigenvalue weighted by Crippen LogP contribution is -3.00. The molecule has 186 valence electrons. The first kappa shape index (κ1) is 26.4. The molecule has 8 nitrogen and oxygen atoms in total. The van der Waals surface area contributed by atoms with Crippen molar-refractivity contribution >= 4 is 17.7 Å². The summed E-state index contributed by atoms with van der Waals surface area (Å²) in [5, 5.41) is 18.3. The van der Waals surface area contributed by atoms with Gasteiger partial charge in [-0.25, -0.2) is 4.79 Å². The van der Waals surface area contributed by atoms with Crippen LogP contribution in [0.1, 0.15) is 49.8 Å². The Hall–Kier alpha value is -2.23. The summed E-state index contributed by atoms with van der Waals surface area (Å²) in [5.41, 5.74) is -1.05. The third-order valence-electron chi connectivity index (χ3n) is 7.05. The second-order valence-electron chi connectivity index (χ2n) is 9.84. The normalized spacial score (nSPS) is 24.6. The van der Waals surface area contributed by atoms with E-state index in [-0.39, 0.29) is 41.5 Å². The van der Waals surface area contributed by atoms with Crippen LogP contribution in [-0.4, -0.2) is 59.4 Å². The first-order valence-corrected chi connectivity index (χ1v) is 11.8. The van der Waals surface area contributed by atoms with Gasteiger partial charge in [0.2, 0.25) is 0 Å². The van der Waals surface area contributed by atoms with Crippen molar-refractivity contribution < 1.29 is 45.4 Å². The lowest BCUT2D eigenvalue weighted by molar-refractivity contribution is -0.890. The van der Waals surface area contributed by atoms with Crippen molar-refractivity contribution in [2.45, 2.75) is 57.2 Å². The third-order valence-corrected chi connectivity index (χ3v) is 7.05. The summed E-state index contributed by atoms with van der Waals surface area (Å²) in [6.45, 7) is 3.23. The fraction of sp³-hybridized carbons (Fsp3) is 0.560. The molecule has 1 aliphatic heterocycles. The van der Waals surface area contributed by atoms with E-state index in [1.54, 1.807) is 25.1 Å². The molecule has 2 fully saturated rings. The molecule has 1 aromatic carbocycles. The van der Waals surface area contributed by atoms with Crippen LogP contribution >= 0.6 is 0 Å². The second kappa shape index (κ2) is 11.0. The van der Waals surface area contributed by atoms with Crippen LogP contribution in [0.25, 0.3) is 0 Å². The van der Waals surface area contributed by atoms with Crippen molar-refractivity contribution in [1.29, 1.82) is 0 Å². The predicted octanol–water partition coefficient (Wildman–Crippen LogP) is 0.156. The number of quaternary nitrogens is 1. The molecule has 2 aromatic rings. The Kier molecular flexibility index (Phi) is 8.54. The molecule has 2 aliphatic rings. The predicted molar refractivity (Wildman–Crippen MR) is 122 cm³/mol. The second-order valence-corrected chi connectivity index (χ2v) is 9.84. The van der Waals surface area contributed by atoms with E-state index in [1.807, 2.05) is 25.2 Å². The smallest absolute Gasteiger partial charge is 0.343 e. The first-order valence-electron chi connectivity index (χ1n) is 11.8. The van der Waals surface area contributed by atoms with Crippen molar-refractivity contribution in [2.24, 2.45) is 5.92 Å². The van der Waals surface area contributed by atoms with Crippen molar-refractivity contribution in [3.05, 3.63) is 47.7 Å². The maximum Gasteiger partial charge on any atom is 0.343 e. The Balaban J connectivity index is 0.00000324.